The zero-order chi connectivity index (χ0) is 18.6. The Labute approximate surface area is 152 Å². The van der Waals surface area contributed by atoms with Gasteiger partial charge in [0, 0.05) is 23.6 Å². The molecule has 0 aliphatic rings. The highest BCUT2D eigenvalue weighted by Crippen LogP contribution is 2.27. The molecule has 2 aromatic rings. The van der Waals surface area contributed by atoms with E-state index in [1.807, 2.05) is 37.6 Å². The predicted octanol–water partition coefficient (Wildman–Crippen LogP) is 3.14. The van der Waals surface area contributed by atoms with E-state index in [0.29, 0.717) is 5.75 Å². The molecular weight excluding hydrogens is 336 g/mol. The third kappa shape index (κ3) is 4.65. The smallest absolute Gasteiger partial charge is 0.290 e. The van der Waals surface area contributed by atoms with E-state index in [9.17, 15) is 4.79 Å². The number of aromatic nitrogens is 1. The lowest BCUT2D eigenvalue weighted by Gasteiger charge is -2.24. The molecule has 0 radical (unpaired) electrons. The van der Waals surface area contributed by atoms with Crippen LogP contribution in [0.2, 0.25) is 0 Å². The molecule has 1 aromatic carbocycles. The van der Waals surface area contributed by atoms with Crippen molar-refractivity contribution in [2.45, 2.75) is 37.5 Å². The van der Waals surface area contributed by atoms with Crippen molar-refractivity contribution in [1.29, 1.82) is 0 Å². The Morgan fingerprint density at radius 3 is 2.72 bits per heavy atom. The van der Waals surface area contributed by atoms with Crippen molar-refractivity contribution in [2.75, 3.05) is 13.4 Å². The summed E-state index contributed by atoms with van der Waals surface area (Å²) in [6, 6.07) is 5.72. The molecule has 25 heavy (non-hydrogen) atoms. The minimum Gasteiger partial charge on any atom is -0.455 e. The van der Waals surface area contributed by atoms with Crippen LogP contribution in [0.25, 0.3) is 10.9 Å². The highest BCUT2D eigenvalue weighted by atomic mass is 32.2. The van der Waals surface area contributed by atoms with Gasteiger partial charge in [0.15, 0.2) is 0 Å². The normalized spacial score (nSPS) is 12.5. The van der Waals surface area contributed by atoms with Gasteiger partial charge in [0.2, 0.25) is 0 Å². The van der Waals surface area contributed by atoms with Crippen LogP contribution in [0.5, 0.6) is 5.75 Å². The van der Waals surface area contributed by atoms with Gasteiger partial charge in [-0.15, -0.1) is 18.2 Å². The van der Waals surface area contributed by atoms with Gasteiger partial charge in [-0.2, -0.15) is 0 Å². The van der Waals surface area contributed by atoms with Crippen LogP contribution in [-0.2, 0) is 9.53 Å². The van der Waals surface area contributed by atoms with Gasteiger partial charge in [-0.3, -0.25) is 9.78 Å². The van der Waals surface area contributed by atoms with Gasteiger partial charge in [0.25, 0.3) is 12.2 Å². The third-order valence-electron chi connectivity index (χ3n) is 3.63. The molecule has 0 saturated carbocycles. The second-order valence-electron chi connectivity index (χ2n) is 6.13. The summed E-state index contributed by atoms with van der Waals surface area (Å²) in [7, 11) is 1.41. The fourth-order valence-corrected chi connectivity index (χ4v) is 2.70. The Kier molecular flexibility index (Phi) is 5.93. The summed E-state index contributed by atoms with van der Waals surface area (Å²) in [5.74, 6) is 2.61. The fourth-order valence-electron chi connectivity index (χ4n) is 2.29. The molecule has 0 spiro atoms. The number of thioether (sulfide) groups is 1. The number of carbonyl (C=O) groups is 1. The molecule has 0 aliphatic heterocycles. The Morgan fingerprint density at radius 1 is 1.40 bits per heavy atom. The van der Waals surface area contributed by atoms with Gasteiger partial charge < -0.3 is 14.8 Å². The van der Waals surface area contributed by atoms with E-state index in [-0.39, 0.29) is 0 Å². The van der Waals surface area contributed by atoms with Crippen molar-refractivity contribution in [3.63, 3.8) is 0 Å². The summed E-state index contributed by atoms with van der Waals surface area (Å²) in [6.07, 6.45) is 8.14. The maximum Gasteiger partial charge on any atom is 0.290 e. The lowest BCUT2D eigenvalue weighted by molar-refractivity contribution is -0.149. The number of hydrogen-bond acceptors (Lipinski definition) is 5. The standard InChI is InChI=1S/C19H22N2O3S/c1-7-19(3,4)21-17(22)18(23-5)24-14-8-12(2)16-13(9-14)10-15(25-6)11-20-16/h1,8-11,18H,2-6H3,(H,21,22). The zero-order valence-corrected chi connectivity index (χ0v) is 15.9. The van der Waals surface area contributed by atoms with Crippen LogP contribution < -0.4 is 10.1 Å². The lowest BCUT2D eigenvalue weighted by Crippen LogP contribution is -2.49. The molecule has 1 heterocycles. The van der Waals surface area contributed by atoms with Crippen LogP contribution in [0.4, 0.5) is 0 Å². The predicted molar refractivity (Wildman–Crippen MR) is 101 cm³/mol. The number of terminal acetylenes is 1. The first-order valence-corrected chi connectivity index (χ1v) is 8.95. The number of carbonyl (C=O) groups excluding carboxylic acids is 1. The Hall–Kier alpha value is -2.23. The first-order chi connectivity index (χ1) is 11.8. The topological polar surface area (TPSA) is 60.5 Å². The molecule has 2 rings (SSSR count). The van der Waals surface area contributed by atoms with Crippen molar-refractivity contribution in [3.05, 3.63) is 30.0 Å². The number of methoxy groups -OCH3 is 1. The van der Waals surface area contributed by atoms with Gasteiger partial charge in [-0.1, -0.05) is 5.92 Å². The largest absolute Gasteiger partial charge is 0.455 e. The van der Waals surface area contributed by atoms with Gasteiger partial charge in [0.05, 0.1) is 11.1 Å². The highest BCUT2D eigenvalue weighted by Gasteiger charge is 2.26. The van der Waals surface area contributed by atoms with Crippen molar-refractivity contribution in [2.24, 2.45) is 0 Å². The number of hydrogen-bond donors (Lipinski definition) is 1. The average molecular weight is 358 g/mol. The molecule has 132 valence electrons. The summed E-state index contributed by atoms with van der Waals surface area (Å²) in [5, 5.41) is 3.65. The van der Waals surface area contributed by atoms with Crippen molar-refractivity contribution < 1.29 is 14.3 Å². The Morgan fingerprint density at radius 2 is 2.12 bits per heavy atom. The van der Waals surface area contributed by atoms with Crippen LogP contribution in [-0.4, -0.2) is 36.1 Å². The number of rotatable bonds is 6. The van der Waals surface area contributed by atoms with Crippen molar-refractivity contribution >= 4 is 28.6 Å². The second kappa shape index (κ2) is 7.77. The summed E-state index contributed by atoms with van der Waals surface area (Å²) in [5.41, 5.74) is 1.07. The molecule has 1 aromatic heterocycles. The SMILES string of the molecule is C#CC(C)(C)NC(=O)C(OC)Oc1cc(C)c2ncc(SC)cc2c1. The summed E-state index contributed by atoms with van der Waals surface area (Å²) >= 11 is 1.62. The van der Waals surface area contributed by atoms with E-state index in [2.05, 4.69) is 16.2 Å². The summed E-state index contributed by atoms with van der Waals surface area (Å²) < 4.78 is 10.9. The molecule has 1 N–H and O–H groups in total. The second-order valence-corrected chi connectivity index (χ2v) is 7.01. The number of nitrogens with zero attached hydrogens (tertiary/aromatic N) is 1. The molecule has 1 atom stereocenters. The Balaban J connectivity index is 2.28. The summed E-state index contributed by atoms with van der Waals surface area (Å²) in [6.45, 7) is 5.41. The molecule has 0 bridgehead atoms. The van der Waals surface area contributed by atoms with Crippen molar-refractivity contribution in [1.82, 2.24) is 10.3 Å². The number of amides is 1. The van der Waals surface area contributed by atoms with Crippen LogP contribution in [0, 0.1) is 19.3 Å². The van der Waals surface area contributed by atoms with E-state index in [1.54, 1.807) is 25.6 Å². The molecule has 0 fully saturated rings. The maximum absolute atomic E-state index is 12.3. The molecule has 1 unspecified atom stereocenters. The number of fused-ring (bicyclic) bond motifs is 1. The van der Waals surface area contributed by atoms with E-state index in [0.717, 1.165) is 21.4 Å². The molecular formula is C19H22N2O3S. The molecule has 1 amide bonds. The first kappa shape index (κ1) is 19.1. The minimum atomic E-state index is -1.10. The van der Waals surface area contributed by atoms with Crippen LogP contribution in [0.1, 0.15) is 19.4 Å². The number of ether oxygens (including phenoxy) is 2. The van der Waals surface area contributed by atoms with Crippen LogP contribution in [0.3, 0.4) is 0 Å². The number of nitrogens with one attached hydrogen (secondary N) is 1. The average Bonchev–Trinajstić information content (AvgIpc) is 2.58. The van der Waals surface area contributed by atoms with Gasteiger partial charge >= 0.3 is 0 Å². The zero-order valence-electron chi connectivity index (χ0n) is 15.0. The third-order valence-corrected chi connectivity index (χ3v) is 4.32. The molecule has 6 heteroatoms. The molecule has 5 nitrogen and oxygen atoms in total. The molecule has 0 saturated heterocycles. The highest BCUT2D eigenvalue weighted by molar-refractivity contribution is 7.98. The van der Waals surface area contributed by atoms with E-state index >= 15 is 0 Å². The number of pyridine rings is 1. The quantitative estimate of drug-likeness (QED) is 0.488. The fraction of sp³-hybridized carbons (Fsp3) is 0.368. The molecule has 0 aliphatic carbocycles. The van der Waals surface area contributed by atoms with Crippen LogP contribution in [0.15, 0.2) is 29.3 Å². The van der Waals surface area contributed by atoms with Gasteiger partial charge in [0.1, 0.15) is 5.75 Å². The minimum absolute atomic E-state index is 0.431. The first-order valence-electron chi connectivity index (χ1n) is 7.73. The summed E-state index contributed by atoms with van der Waals surface area (Å²) in [4.78, 5) is 17.9. The number of aryl methyl sites for hydroxylation is 1. The monoisotopic (exact) mass is 358 g/mol. The van der Waals surface area contributed by atoms with E-state index in [1.165, 1.54) is 7.11 Å². The lowest BCUT2D eigenvalue weighted by atomic mass is 10.1. The van der Waals surface area contributed by atoms with Crippen molar-refractivity contribution in [3.8, 4) is 18.1 Å². The van der Waals surface area contributed by atoms with Gasteiger partial charge in [-0.05, 0) is 50.8 Å². The Bertz CT molecular complexity index is 827. The van der Waals surface area contributed by atoms with E-state index < -0.39 is 17.7 Å². The van der Waals surface area contributed by atoms with Gasteiger partial charge in [-0.25, -0.2) is 0 Å². The number of benzene rings is 1. The maximum atomic E-state index is 12.3. The van der Waals surface area contributed by atoms with Crippen LogP contribution >= 0.6 is 11.8 Å². The van der Waals surface area contributed by atoms with E-state index in [4.69, 9.17) is 15.9 Å².